The molecular formula is C10H17NO. The first kappa shape index (κ1) is 11.0. The monoisotopic (exact) mass is 167 g/mol. The van der Waals surface area contributed by atoms with Crippen molar-refractivity contribution in [1.29, 1.82) is 0 Å². The van der Waals surface area contributed by atoms with Crippen molar-refractivity contribution in [3.63, 3.8) is 0 Å². The normalized spacial score (nSPS) is 10.0. The molecule has 0 bridgehead atoms. The summed E-state index contributed by atoms with van der Waals surface area (Å²) in [4.78, 5) is 10.4. The van der Waals surface area contributed by atoms with Crippen molar-refractivity contribution in [2.45, 2.75) is 40.5 Å². The molecule has 2 nitrogen and oxygen atoms in total. The Hall–Kier alpha value is -0.970. The fraction of sp³-hybridized carbons (Fsp3) is 0.700. The Morgan fingerprint density at radius 1 is 1.42 bits per heavy atom. The Bertz CT molecular complexity index is 202. The van der Waals surface area contributed by atoms with Crippen LogP contribution in [0.15, 0.2) is 0 Å². The van der Waals surface area contributed by atoms with Crippen LogP contribution in [0.25, 0.3) is 0 Å². The molecule has 0 saturated heterocycles. The maximum atomic E-state index is 10.4. The lowest BCUT2D eigenvalue weighted by molar-refractivity contribution is -0.117. The van der Waals surface area contributed by atoms with Gasteiger partial charge in [-0.25, -0.2) is 0 Å². The molecule has 68 valence electrons. The van der Waals surface area contributed by atoms with E-state index in [0.29, 0.717) is 5.41 Å². The van der Waals surface area contributed by atoms with Crippen LogP contribution >= 0.6 is 0 Å². The highest BCUT2D eigenvalue weighted by Crippen LogP contribution is 2.19. The van der Waals surface area contributed by atoms with E-state index < -0.39 is 0 Å². The molecule has 2 heteroatoms. The van der Waals surface area contributed by atoms with Crippen LogP contribution < -0.4 is 5.32 Å². The molecule has 0 aliphatic heterocycles. The van der Waals surface area contributed by atoms with Crippen molar-refractivity contribution in [2.24, 2.45) is 5.41 Å². The van der Waals surface area contributed by atoms with Crippen LogP contribution in [-0.2, 0) is 4.79 Å². The summed E-state index contributed by atoms with van der Waals surface area (Å²) in [6.45, 7) is 7.98. The van der Waals surface area contributed by atoms with Gasteiger partial charge in [-0.1, -0.05) is 26.7 Å². The van der Waals surface area contributed by atoms with Crippen molar-refractivity contribution in [3.8, 4) is 12.0 Å². The zero-order valence-electron chi connectivity index (χ0n) is 8.32. The Morgan fingerprint density at radius 3 is 2.42 bits per heavy atom. The third-order valence-corrected chi connectivity index (χ3v) is 1.33. The lowest BCUT2D eigenvalue weighted by Crippen LogP contribution is -2.12. The molecule has 0 aliphatic carbocycles. The number of nitrogens with one attached hydrogen (secondary N) is 1. The van der Waals surface area contributed by atoms with Crippen molar-refractivity contribution < 1.29 is 4.79 Å². The summed E-state index contributed by atoms with van der Waals surface area (Å²) in [7, 11) is 0. The molecule has 0 aromatic carbocycles. The van der Waals surface area contributed by atoms with Gasteiger partial charge < -0.3 is 0 Å². The predicted molar refractivity (Wildman–Crippen MR) is 50.3 cm³/mol. The minimum atomic E-state index is -0.0988. The summed E-state index contributed by atoms with van der Waals surface area (Å²) >= 11 is 0. The molecule has 0 saturated carbocycles. The summed E-state index contributed by atoms with van der Waals surface area (Å²) < 4.78 is 0. The van der Waals surface area contributed by atoms with Gasteiger partial charge in [0.05, 0.1) is 0 Å². The SMILES string of the molecule is CC(=O)NC#CCCC(C)(C)C. The molecule has 0 aliphatic rings. The van der Waals surface area contributed by atoms with E-state index in [9.17, 15) is 4.79 Å². The molecular weight excluding hydrogens is 150 g/mol. The first-order chi connectivity index (χ1) is 5.42. The molecule has 0 atom stereocenters. The molecule has 1 amide bonds. The van der Waals surface area contributed by atoms with Gasteiger partial charge in [-0.05, 0) is 11.8 Å². The van der Waals surface area contributed by atoms with Crippen LogP contribution in [0, 0.1) is 17.4 Å². The number of hydrogen-bond acceptors (Lipinski definition) is 1. The predicted octanol–water partition coefficient (Wildman–Crippen LogP) is 1.91. The van der Waals surface area contributed by atoms with E-state index in [2.05, 4.69) is 38.1 Å². The smallest absolute Gasteiger partial charge is 0.228 e. The summed E-state index contributed by atoms with van der Waals surface area (Å²) in [5.74, 6) is 2.79. The molecule has 1 N–H and O–H groups in total. The van der Waals surface area contributed by atoms with Crippen LogP contribution in [0.5, 0.6) is 0 Å². The average molecular weight is 167 g/mol. The van der Waals surface area contributed by atoms with E-state index in [1.54, 1.807) is 0 Å². The van der Waals surface area contributed by atoms with Gasteiger partial charge in [0.1, 0.15) is 0 Å². The van der Waals surface area contributed by atoms with Gasteiger partial charge in [0.25, 0.3) is 0 Å². The van der Waals surface area contributed by atoms with Crippen LogP contribution in [0.3, 0.4) is 0 Å². The van der Waals surface area contributed by atoms with E-state index in [4.69, 9.17) is 0 Å². The number of rotatable bonds is 1. The molecule has 0 unspecified atom stereocenters. The van der Waals surface area contributed by atoms with Crippen LogP contribution in [-0.4, -0.2) is 5.91 Å². The highest BCUT2D eigenvalue weighted by atomic mass is 16.1. The quantitative estimate of drug-likeness (QED) is 0.469. The highest BCUT2D eigenvalue weighted by Gasteiger charge is 2.07. The average Bonchev–Trinajstić information content (AvgIpc) is 1.83. The van der Waals surface area contributed by atoms with Crippen molar-refractivity contribution in [2.75, 3.05) is 0 Å². The van der Waals surface area contributed by atoms with E-state index >= 15 is 0 Å². The molecule has 0 spiro atoms. The largest absolute Gasteiger partial charge is 0.285 e. The van der Waals surface area contributed by atoms with Crippen molar-refractivity contribution >= 4 is 5.91 Å². The number of carbonyl (C=O) groups excluding carboxylic acids is 1. The molecule has 0 fully saturated rings. The molecule has 0 heterocycles. The fourth-order valence-corrected chi connectivity index (χ4v) is 0.632. The summed E-state index contributed by atoms with van der Waals surface area (Å²) in [6, 6.07) is 2.61. The number of amides is 1. The lowest BCUT2D eigenvalue weighted by Gasteiger charge is -2.15. The van der Waals surface area contributed by atoms with E-state index in [-0.39, 0.29) is 5.91 Å². The molecule has 0 aromatic rings. The molecule has 0 rings (SSSR count). The van der Waals surface area contributed by atoms with Crippen LogP contribution in [0.2, 0.25) is 0 Å². The van der Waals surface area contributed by atoms with Crippen molar-refractivity contribution in [1.82, 2.24) is 5.32 Å². The Balaban J connectivity index is 3.53. The standard InChI is InChI=1S/C10H17NO/c1-9(12)11-8-6-5-7-10(2,3)4/h5,7H2,1-4H3,(H,11,12). The summed E-state index contributed by atoms with van der Waals surface area (Å²) in [5.41, 5.74) is 0.324. The minimum absolute atomic E-state index is 0.0988. The van der Waals surface area contributed by atoms with Crippen LogP contribution in [0.1, 0.15) is 40.5 Å². The number of hydrogen-bond donors (Lipinski definition) is 1. The van der Waals surface area contributed by atoms with Gasteiger partial charge >= 0.3 is 0 Å². The summed E-state index contributed by atoms with van der Waals surface area (Å²) in [5, 5.41) is 2.43. The van der Waals surface area contributed by atoms with Crippen molar-refractivity contribution in [3.05, 3.63) is 0 Å². The van der Waals surface area contributed by atoms with Gasteiger partial charge in [0, 0.05) is 19.4 Å². The second-order valence-corrected chi connectivity index (χ2v) is 4.04. The van der Waals surface area contributed by atoms with Gasteiger partial charge in [-0.2, -0.15) is 0 Å². The second-order valence-electron chi connectivity index (χ2n) is 4.04. The van der Waals surface area contributed by atoms with Crippen LogP contribution in [0.4, 0.5) is 0 Å². The fourth-order valence-electron chi connectivity index (χ4n) is 0.632. The van der Waals surface area contributed by atoms with Gasteiger partial charge in [-0.15, -0.1) is 0 Å². The van der Waals surface area contributed by atoms with Gasteiger partial charge in [0.15, 0.2) is 0 Å². The lowest BCUT2D eigenvalue weighted by atomic mass is 9.91. The van der Waals surface area contributed by atoms with E-state index in [0.717, 1.165) is 12.8 Å². The third-order valence-electron chi connectivity index (χ3n) is 1.33. The van der Waals surface area contributed by atoms with Gasteiger partial charge in [-0.3, -0.25) is 10.1 Å². The topological polar surface area (TPSA) is 29.1 Å². The summed E-state index contributed by atoms with van der Waals surface area (Å²) in [6.07, 6.45) is 1.89. The highest BCUT2D eigenvalue weighted by molar-refractivity contribution is 5.74. The van der Waals surface area contributed by atoms with Gasteiger partial charge in [0.2, 0.25) is 5.91 Å². The minimum Gasteiger partial charge on any atom is -0.285 e. The first-order valence-electron chi connectivity index (χ1n) is 4.16. The second kappa shape index (κ2) is 4.82. The van der Waals surface area contributed by atoms with E-state index in [1.807, 2.05) is 0 Å². The third kappa shape index (κ3) is 9.03. The number of carbonyl (C=O) groups is 1. The molecule has 12 heavy (non-hydrogen) atoms. The zero-order chi connectivity index (χ0) is 9.61. The molecule has 0 radical (unpaired) electrons. The maximum absolute atomic E-state index is 10.4. The Labute approximate surface area is 74.7 Å². The Kier molecular flexibility index (Phi) is 4.43. The molecule has 0 aromatic heterocycles. The first-order valence-corrected chi connectivity index (χ1v) is 4.16. The Morgan fingerprint density at radius 2 is 2.00 bits per heavy atom. The van der Waals surface area contributed by atoms with E-state index in [1.165, 1.54) is 6.92 Å². The maximum Gasteiger partial charge on any atom is 0.228 e. The zero-order valence-corrected chi connectivity index (χ0v) is 8.32.